The average molecular weight is 356 g/mol. The molecule has 2 aliphatic heterocycles. The molecule has 2 fully saturated rings. The van der Waals surface area contributed by atoms with Crippen LogP contribution in [-0.2, 0) is 4.74 Å². The highest BCUT2D eigenvalue weighted by molar-refractivity contribution is 5.90. The smallest absolute Gasteiger partial charge is 0.291 e. The number of aromatic nitrogens is 4. The highest BCUT2D eigenvalue weighted by Crippen LogP contribution is 2.26. The first-order chi connectivity index (χ1) is 12.7. The predicted molar refractivity (Wildman–Crippen MR) is 92.0 cm³/mol. The van der Waals surface area contributed by atoms with E-state index in [1.54, 1.807) is 23.4 Å². The third-order valence-electron chi connectivity index (χ3n) is 4.71. The SMILES string of the molecule is COc1cnc(C(=O)N2C[C@@H]3CN(c4ncccn4)CCO[C@@H]3C2)nc1. The summed E-state index contributed by atoms with van der Waals surface area (Å²) in [6.45, 7) is 3.22. The van der Waals surface area contributed by atoms with Crippen LogP contribution in [0.5, 0.6) is 5.75 Å². The number of hydrogen-bond acceptors (Lipinski definition) is 8. The number of amides is 1. The molecule has 1 amide bonds. The molecule has 4 rings (SSSR count). The van der Waals surface area contributed by atoms with Gasteiger partial charge in [0.05, 0.1) is 32.2 Å². The van der Waals surface area contributed by atoms with Crippen molar-refractivity contribution in [3.63, 3.8) is 0 Å². The monoisotopic (exact) mass is 356 g/mol. The summed E-state index contributed by atoms with van der Waals surface area (Å²) in [5.74, 6) is 1.40. The Labute approximate surface area is 151 Å². The van der Waals surface area contributed by atoms with Crippen LogP contribution in [0.3, 0.4) is 0 Å². The predicted octanol–water partition coefficient (Wildman–Crippen LogP) is 0.253. The molecule has 2 aliphatic rings. The third kappa shape index (κ3) is 3.30. The first-order valence-corrected chi connectivity index (χ1v) is 8.53. The van der Waals surface area contributed by atoms with Gasteiger partial charge in [0.1, 0.15) is 0 Å². The molecule has 2 saturated heterocycles. The minimum Gasteiger partial charge on any atom is -0.494 e. The minimum absolute atomic E-state index is 0.00547. The van der Waals surface area contributed by atoms with Crippen LogP contribution in [0.15, 0.2) is 30.9 Å². The summed E-state index contributed by atoms with van der Waals surface area (Å²) in [7, 11) is 1.54. The van der Waals surface area contributed by atoms with E-state index in [4.69, 9.17) is 9.47 Å². The van der Waals surface area contributed by atoms with Crippen LogP contribution >= 0.6 is 0 Å². The lowest BCUT2D eigenvalue weighted by Crippen LogP contribution is -2.35. The molecule has 0 unspecified atom stereocenters. The first-order valence-electron chi connectivity index (χ1n) is 8.53. The summed E-state index contributed by atoms with van der Waals surface area (Å²) in [6.07, 6.45) is 6.47. The maximum absolute atomic E-state index is 12.7. The number of rotatable bonds is 3. The van der Waals surface area contributed by atoms with E-state index in [2.05, 4.69) is 24.8 Å². The van der Waals surface area contributed by atoms with Crippen molar-refractivity contribution in [2.75, 3.05) is 44.8 Å². The zero-order valence-corrected chi connectivity index (χ0v) is 14.5. The van der Waals surface area contributed by atoms with E-state index in [-0.39, 0.29) is 23.8 Å². The molecule has 9 nitrogen and oxygen atoms in total. The fourth-order valence-corrected chi connectivity index (χ4v) is 3.37. The number of anilines is 1. The Bertz CT molecular complexity index is 757. The van der Waals surface area contributed by atoms with E-state index >= 15 is 0 Å². The number of nitrogens with zero attached hydrogens (tertiary/aromatic N) is 6. The number of carbonyl (C=O) groups is 1. The number of ether oxygens (including phenoxy) is 2. The molecule has 0 spiro atoms. The third-order valence-corrected chi connectivity index (χ3v) is 4.71. The van der Waals surface area contributed by atoms with E-state index in [0.29, 0.717) is 31.4 Å². The molecular formula is C17H20N6O3. The molecule has 0 radical (unpaired) electrons. The van der Waals surface area contributed by atoms with Crippen LogP contribution < -0.4 is 9.64 Å². The van der Waals surface area contributed by atoms with Gasteiger partial charge in [-0.05, 0) is 6.07 Å². The Balaban J connectivity index is 1.45. The molecule has 2 aromatic heterocycles. The zero-order chi connectivity index (χ0) is 17.9. The summed E-state index contributed by atoms with van der Waals surface area (Å²) in [5.41, 5.74) is 0. The number of likely N-dealkylation sites (tertiary alicyclic amines) is 1. The molecule has 0 bridgehead atoms. The first kappa shape index (κ1) is 16.6. The van der Waals surface area contributed by atoms with E-state index < -0.39 is 0 Å². The van der Waals surface area contributed by atoms with Gasteiger partial charge < -0.3 is 19.3 Å². The summed E-state index contributed by atoms with van der Waals surface area (Å²) < 4.78 is 11.0. The molecule has 2 aromatic rings. The van der Waals surface area contributed by atoms with Gasteiger partial charge in [-0.3, -0.25) is 4.79 Å². The number of hydrogen-bond donors (Lipinski definition) is 0. The quantitative estimate of drug-likeness (QED) is 0.773. The van der Waals surface area contributed by atoms with Gasteiger partial charge >= 0.3 is 0 Å². The van der Waals surface area contributed by atoms with Crippen LogP contribution in [0.1, 0.15) is 10.6 Å². The van der Waals surface area contributed by atoms with E-state index in [9.17, 15) is 4.79 Å². The van der Waals surface area contributed by atoms with Crippen LogP contribution in [0.2, 0.25) is 0 Å². The summed E-state index contributed by atoms with van der Waals surface area (Å²) >= 11 is 0. The van der Waals surface area contributed by atoms with Crippen molar-refractivity contribution in [2.24, 2.45) is 5.92 Å². The molecule has 2 atom stereocenters. The average Bonchev–Trinajstić information content (AvgIpc) is 2.99. The van der Waals surface area contributed by atoms with Crippen LogP contribution in [-0.4, -0.2) is 76.7 Å². The lowest BCUT2D eigenvalue weighted by Gasteiger charge is -2.23. The van der Waals surface area contributed by atoms with Crippen LogP contribution in [0.25, 0.3) is 0 Å². The van der Waals surface area contributed by atoms with Gasteiger partial charge in [-0.2, -0.15) is 0 Å². The molecule has 4 heterocycles. The molecule has 136 valence electrons. The molecule has 0 saturated carbocycles. The highest BCUT2D eigenvalue weighted by Gasteiger charge is 2.39. The molecule has 26 heavy (non-hydrogen) atoms. The van der Waals surface area contributed by atoms with E-state index in [1.807, 2.05) is 0 Å². The summed E-state index contributed by atoms with van der Waals surface area (Å²) in [5, 5.41) is 0. The fourth-order valence-electron chi connectivity index (χ4n) is 3.37. The Hall–Kier alpha value is -2.81. The number of fused-ring (bicyclic) bond motifs is 1. The van der Waals surface area contributed by atoms with Crippen molar-refractivity contribution in [2.45, 2.75) is 6.10 Å². The summed E-state index contributed by atoms with van der Waals surface area (Å²) in [4.78, 5) is 33.4. The van der Waals surface area contributed by atoms with Gasteiger partial charge in [0.2, 0.25) is 11.8 Å². The Morgan fingerprint density at radius 3 is 2.65 bits per heavy atom. The Morgan fingerprint density at radius 2 is 1.92 bits per heavy atom. The largest absolute Gasteiger partial charge is 0.494 e. The normalized spacial score (nSPS) is 22.7. The second-order valence-electron chi connectivity index (χ2n) is 6.32. The van der Waals surface area contributed by atoms with Crippen molar-refractivity contribution in [1.82, 2.24) is 24.8 Å². The molecule has 0 aliphatic carbocycles. The summed E-state index contributed by atoms with van der Waals surface area (Å²) in [6, 6.07) is 1.80. The van der Waals surface area contributed by atoms with Crippen molar-refractivity contribution < 1.29 is 14.3 Å². The Morgan fingerprint density at radius 1 is 1.15 bits per heavy atom. The molecule has 0 aromatic carbocycles. The van der Waals surface area contributed by atoms with Crippen LogP contribution in [0.4, 0.5) is 5.95 Å². The number of methoxy groups -OCH3 is 1. The second-order valence-corrected chi connectivity index (χ2v) is 6.32. The van der Waals surface area contributed by atoms with Gasteiger partial charge in [-0.1, -0.05) is 0 Å². The van der Waals surface area contributed by atoms with Gasteiger partial charge in [-0.15, -0.1) is 0 Å². The lowest BCUT2D eigenvalue weighted by atomic mass is 10.1. The van der Waals surface area contributed by atoms with Crippen molar-refractivity contribution in [3.05, 3.63) is 36.7 Å². The topological polar surface area (TPSA) is 93.6 Å². The van der Waals surface area contributed by atoms with E-state index in [0.717, 1.165) is 13.1 Å². The Kier molecular flexibility index (Phi) is 4.61. The number of carbonyl (C=O) groups excluding carboxylic acids is 1. The molecule has 0 N–H and O–H groups in total. The van der Waals surface area contributed by atoms with E-state index in [1.165, 1.54) is 19.5 Å². The van der Waals surface area contributed by atoms with Crippen molar-refractivity contribution in [3.8, 4) is 5.75 Å². The standard InChI is InChI=1S/C17H20N6O3/c1-25-13-7-20-15(21-8-13)16(24)23-10-12-9-22(5-6-26-14(12)11-23)17-18-3-2-4-19-17/h2-4,7-8,12,14H,5-6,9-11H2,1H3/t12-,14+/m0/s1. The fraction of sp³-hybridized carbons (Fsp3) is 0.471. The maximum atomic E-state index is 12.7. The van der Waals surface area contributed by atoms with Crippen molar-refractivity contribution in [1.29, 1.82) is 0 Å². The van der Waals surface area contributed by atoms with Crippen molar-refractivity contribution >= 4 is 11.9 Å². The highest BCUT2D eigenvalue weighted by atomic mass is 16.5. The lowest BCUT2D eigenvalue weighted by molar-refractivity contribution is 0.0495. The zero-order valence-electron chi connectivity index (χ0n) is 14.5. The minimum atomic E-state index is -0.188. The maximum Gasteiger partial charge on any atom is 0.291 e. The molecular weight excluding hydrogens is 336 g/mol. The van der Waals surface area contributed by atoms with Crippen LogP contribution in [0, 0.1) is 5.92 Å². The second kappa shape index (κ2) is 7.20. The molecule has 9 heteroatoms. The van der Waals surface area contributed by atoms with Gasteiger partial charge in [0.15, 0.2) is 5.75 Å². The van der Waals surface area contributed by atoms with Gasteiger partial charge in [0.25, 0.3) is 5.91 Å². The van der Waals surface area contributed by atoms with Gasteiger partial charge in [0, 0.05) is 44.5 Å². The van der Waals surface area contributed by atoms with Gasteiger partial charge in [-0.25, -0.2) is 19.9 Å².